The monoisotopic (exact) mass is 768 g/mol. The van der Waals surface area contributed by atoms with Gasteiger partial charge < -0.3 is 64.8 Å². The molecule has 1 saturated heterocycles. The molecule has 306 valence electrons. The minimum Gasteiger partial charge on any atom is -0.480 e. The second kappa shape index (κ2) is 24.3. The molecule has 0 saturated carbocycles. The Morgan fingerprint density at radius 2 is 1.28 bits per heavy atom. The van der Waals surface area contributed by atoms with E-state index in [4.69, 9.17) is 22.6 Å². The molecule has 0 spiro atoms. The zero-order valence-electron chi connectivity index (χ0n) is 31.5. The Balaban J connectivity index is 3.00. The summed E-state index contributed by atoms with van der Waals surface area (Å²) < 4.78 is 0. The number of aliphatic carboxylic acids is 1. The standard InChI is InChI=1S/C33H60N12O9/c1-17(2)25(31(52)41-18(3)26(47)40-19(4)27(48)44-23(32(53)54)12-13-24(35)46)45-30(51)21(9-5-6-14-34)43-29(50)22(11-8-16-39-33(36)37)42-28(49)20-10-7-15-38-20/h17-23,25,38H,5-16,34H2,1-4H3,(H2,35,46)(H,40,47)(H,41,52)(H,42,49)(H,43,50)(H,44,48)(H,45,51)(H,53,54)(H4,36,37,39)/t18-,19-,20-,21-,22-,23+,25-/m0/s1. The lowest BCUT2D eigenvalue weighted by molar-refractivity contribution is -0.142. The third kappa shape index (κ3) is 17.6. The summed E-state index contributed by atoms with van der Waals surface area (Å²) in [6, 6.07) is -7.60. The van der Waals surface area contributed by atoms with Crippen molar-refractivity contribution >= 4 is 53.3 Å². The molecule has 1 aliphatic rings. The van der Waals surface area contributed by atoms with Gasteiger partial charge in [-0.2, -0.15) is 0 Å². The summed E-state index contributed by atoms with van der Waals surface area (Å²) in [5.74, 6) is -6.88. The first-order valence-corrected chi connectivity index (χ1v) is 18.2. The summed E-state index contributed by atoms with van der Waals surface area (Å²) in [6.07, 6.45) is 2.59. The fourth-order valence-corrected chi connectivity index (χ4v) is 5.41. The van der Waals surface area contributed by atoms with E-state index in [0.717, 1.165) is 6.42 Å². The van der Waals surface area contributed by atoms with Crippen molar-refractivity contribution in [1.82, 2.24) is 42.5 Å². The number of carbonyl (C=O) groups excluding carboxylic acids is 7. The first-order chi connectivity index (χ1) is 25.4. The zero-order chi connectivity index (χ0) is 41.0. The summed E-state index contributed by atoms with van der Waals surface area (Å²) in [7, 11) is 0. The van der Waals surface area contributed by atoms with Gasteiger partial charge in [0.2, 0.25) is 41.4 Å². The van der Waals surface area contributed by atoms with E-state index in [1.54, 1.807) is 13.8 Å². The number of carboxylic acid groups (broad SMARTS) is 1. The molecule has 21 heteroatoms. The third-order valence-corrected chi connectivity index (χ3v) is 8.62. The number of amides is 7. The summed E-state index contributed by atoms with van der Waals surface area (Å²) in [6.45, 7) is 7.26. The Morgan fingerprint density at radius 1 is 0.722 bits per heavy atom. The molecule has 16 N–H and O–H groups in total. The van der Waals surface area contributed by atoms with Gasteiger partial charge in [-0.3, -0.25) is 39.0 Å². The van der Waals surface area contributed by atoms with Crippen molar-refractivity contribution in [2.75, 3.05) is 19.6 Å². The maximum absolute atomic E-state index is 13.7. The number of guanidine groups is 1. The van der Waals surface area contributed by atoms with Gasteiger partial charge >= 0.3 is 5.97 Å². The maximum atomic E-state index is 13.7. The van der Waals surface area contributed by atoms with Crippen LogP contribution >= 0.6 is 0 Å². The molecule has 1 heterocycles. The zero-order valence-corrected chi connectivity index (χ0v) is 31.5. The minimum atomic E-state index is -1.42. The molecule has 0 bridgehead atoms. The van der Waals surface area contributed by atoms with Crippen LogP contribution in [0.3, 0.4) is 0 Å². The van der Waals surface area contributed by atoms with Crippen LogP contribution in [0.2, 0.25) is 0 Å². The van der Waals surface area contributed by atoms with E-state index in [9.17, 15) is 43.5 Å². The normalized spacial score (nSPS) is 17.0. The van der Waals surface area contributed by atoms with Gasteiger partial charge in [0, 0.05) is 13.0 Å². The second-order valence-electron chi connectivity index (χ2n) is 13.6. The van der Waals surface area contributed by atoms with Crippen LogP contribution in [-0.2, 0) is 38.4 Å². The highest BCUT2D eigenvalue weighted by molar-refractivity contribution is 5.97. The van der Waals surface area contributed by atoms with Crippen molar-refractivity contribution in [3.63, 3.8) is 0 Å². The van der Waals surface area contributed by atoms with Crippen LogP contribution in [0.5, 0.6) is 0 Å². The fourth-order valence-electron chi connectivity index (χ4n) is 5.41. The first-order valence-electron chi connectivity index (χ1n) is 18.2. The van der Waals surface area contributed by atoms with Crippen molar-refractivity contribution in [2.24, 2.45) is 23.1 Å². The van der Waals surface area contributed by atoms with E-state index in [1.165, 1.54) is 13.8 Å². The molecule has 21 nitrogen and oxygen atoms in total. The molecule has 1 aliphatic heterocycles. The van der Waals surface area contributed by atoms with E-state index in [2.05, 4.69) is 42.5 Å². The summed E-state index contributed by atoms with van der Waals surface area (Å²) in [5, 5.41) is 37.7. The number of hydrogen-bond donors (Lipinski definition) is 13. The van der Waals surface area contributed by atoms with E-state index < -0.39 is 89.6 Å². The van der Waals surface area contributed by atoms with Gasteiger partial charge in [-0.1, -0.05) is 13.8 Å². The summed E-state index contributed by atoms with van der Waals surface area (Å²) >= 11 is 0. The van der Waals surface area contributed by atoms with Gasteiger partial charge in [0.1, 0.15) is 36.3 Å². The van der Waals surface area contributed by atoms with Crippen molar-refractivity contribution in [1.29, 1.82) is 5.41 Å². The topological polar surface area (TPSA) is 355 Å². The van der Waals surface area contributed by atoms with Crippen molar-refractivity contribution in [3.05, 3.63) is 0 Å². The summed E-state index contributed by atoms with van der Waals surface area (Å²) in [5.41, 5.74) is 16.1. The quantitative estimate of drug-likeness (QED) is 0.0240. The molecule has 1 rings (SSSR count). The third-order valence-electron chi connectivity index (χ3n) is 8.62. The number of primary amides is 1. The Morgan fingerprint density at radius 3 is 1.81 bits per heavy atom. The largest absolute Gasteiger partial charge is 0.480 e. The molecule has 54 heavy (non-hydrogen) atoms. The van der Waals surface area contributed by atoms with Gasteiger partial charge in [0.05, 0.1) is 6.04 Å². The Labute approximate surface area is 315 Å². The van der Waals surface area contributed by atoms with E-state index in [-0.39, 0.29) is 44.1 Å². The lowest BCUT2D eigenvalue weighted by Gasteiger charge is -2.28. The average molecular weight is 769 g/mol. The highest BCUT2D eigenvalue weighted by Gasteiger charge is 2.33. The van der Waals surface area contributed by atoms with Gasteiger partial charge in [-0.05, 0) is 84.2 Å². The van der Waals surface area contributed by atoms with Crippen LogP contribution in [0.1, 0.15) is 85.5 Å². The van der Waals surface area contributed by atoms with Gasteiger partial charge in [-0.15, -0.1) is 0 Å². The number of carbonyl (C=O) groups is 8. The molecule has 0 aromatic heterocycles. The van der Waals surface area contributed by atoms with Gasteiger partial charge in [0.15, 0.2) is 5.96 Å². The number of nitrogens with two attached hydrogens (primary N) is 3. The average Bonchev–Trinajstić information content (AvgIpc) is 3.64. The molecule has 0 aliphatic carbocycles. The number of rotatable bonds is 25. The van der Waals surface area contributed by atoms with Gasteiger partial charge in [-0.25, -0.2) is 4.79 Å². The van der Waals surface area contributed by atoms with Crippen LogP contribution < -0.4 is 59.7 Å². The van der Waals surface area contributed by atoms with Crippen molar-refractivity contribution < 1.29 is 43.5 Å². The minimum absolute atomic E-state index is 0.169. The predicted octanol–water partition coefficient (Wildman–Crippen LogP) is -3.91. The molecule has 1 fully saturated rings. The molecule has 0 unspecified atom stereocenters. The van der Waals surface area contributed by atoms with Crippen molar-refractivity contribution in [2.45, 2.75) is 128 Å². The van der Waals surface area contributed by atoms with Crippen LogP contribution in [0.4, 0.5) is 0 Å². The highest BCUT2D eigenvalue weighted by Crippen LogP contribution is 2.10. The highest BCUT2D eigenvalue weighted by atomic mass is 16.4. The van der Waals surface area contributed by atoms with Crippen LogP contribution in [0.25, 0.3) is 0 Å². The SMILES string of the molecule is CC(C)[C@H](NC(=O)[C@H](CCCCN)NC(=O)[C@H](CCCNC(=N)N)NC(=O)[C@@H]1CCCN1)C(=O)N[C@@H](C)C(=O)N[C@@H](C)C(=O)N[C@H](CCC(N)=O)C(=O)O. The molecule has 0 aromatic carbocycles. The second-order valence-corrected chi connectivity index (χ2v) is 13.6. The predicted molar refractivity (Wildman–Crippen MR) is 197 cm³/mol. The summed E-state index contributed by atoms with van der Waals surface area (Å²) in [4.78, 5) is 102. The Hall–Kier alpha value is -5.05. The molecule has 0 radical (unpaired) electrons. The van der Waals surface area contributed by atoms with Gasteiger partial charge in [0.25, 0.3) is 0 Å². The Kier molecular flexibility index (Phi) is 21.1. The van der Waals surface area contributed by atoms with E-state index in [1.807, 2.05) is 0 Å². The van der Waals surface area contributed by atoms with Crippen LogP contribution in [-0.4, -0.2) is 120 Å². The number of nitrogens with one attached hydrogen (secondary N) is 9. The molecule has 7 atom stereocenters. The molecule has 7 amide bonds. The van der Waals surface area contributed by atoms with Crippen LogP contribution in [0.15, 0.2) is 0 Å². The van der Waals surface area contributed by atoms with Crippen molar-refractivity contribution in [3.8, 4) is 0 Å². The van der Waals surface area contributed by atoms with Crippen LogP contribution in [0, 0.1) is 11.3 Å². The first kappa shape index (κ1) is 47.0. The maximum Gasteiger partial charge on any atom is 0.326 e. The number of unbranched alkanes of at least 4 members (excludes halogenated alkanes) is 1. The molecule has 0 aromatic rings. The Bertz CT molecular complexity index is 1330. The van der Waals surface area contributed by atoms with E-state index in [0.29, 0.717) is 38.8 Å². The number of carboxylic acids is 1. The van der Waals surface area contributed by atoms with E-state index >= 15 is 0 Å². The molecular formula is C33H60N12O9. The lowest BCUT2D eigenvalue weighted by Crippen LogP contribution is -2.60. The number of hydrogen-bond acceptors (Lipinski definition) is 11. The fraction of sp³-hybridized carbons (Fsp3) is 0.727. The smallest absolute Gasteiger partial charge is 0.326 e. The molecular weight excluding hydrogens is 708 g/mol. The lowest BCUT2D eigenvalue weighted by atomic mass is 10.0.